The van der Waals surface area contributed by atoms with Crippen LogP contribution in [0.4, 0.5) is 10.5 Å². The van der Waals surface area contributed by atoms with E-state index < -0.39 is 17.0 Å². The molecule has 0 unspecified atom stereocenters. The number of carbonyl (C=O) groups excluding carboxylic acids is 1. The quantitative estimate of drug-likeness (QED) is 0.893. The van der Waals surface area contributed by atoms with Crippen LogP contribution in [0.15, 0.2) is 18.2 Å². The molecule has 1 aromatic rings. The van der Waals surface area contributed by atoms with Crippen molar-refractivity contribution in [2.75, 3.05) is 11.4 Å². The molecule has 3 rings (SSSR count). The van der Waals surface area contributed by atoms with Crippen LogP contribution in [0.5, 0.6) is 0 Å². The molecular formula is C19H25NO4. The van der Waals surface area contributed by atoms with Crippen molar-refractivity contribution in [2.45, 2.75) is 63.9 Å². The van der Waals surface area contributed by atoms with E-state index in [9.17, 15) is 14.7 Å². The van der Waals surface area contributed by atoms with Crippen LogP contribution in [0, 0.1) is 0 Å². The van der Waals surface area contributed by atoms with Crippen molar-refractivity contribution in [3.8, 4) is 0 Å². The number of ether oxygens (including phenoxy) is 1. The Morgan fingerprint density at radius 3 is 2.46 bits per heavy atom. The lowest BCUT2D eigenvalue weighted by Crippen LogP contribution is -2.35. The summed E-state index contributed by atoms with van der Waals surface area (Å²) in [6.07, 6.45) is 3.53. The monoisotopic (exact) mass is 331 g/mol. The lowest BCUT2D eigenvalue weighted by Gasteiger charge is -2.28. The number of carbonyl (C=O) groups is 2. The summed E-state index contributed by atoms with van der Waals surface area (Å²) in [7, 11) is 0. The van der Waals surface area contributed by atoms with Crippen LogP contribution < -0.4 is 4.90 Å². The highest BCUT2D eigenvalue weighted by Gasteiger charge is 2.45. The first kappa shape index (κ1) is 16.8. The Morgan fingerprint density at radius 1 is 1.21 bits per heavy atom. The molecule has 0 spiro atoms. The third-order valence-corrected chi connectivity index (χ3v) is 5.02. The Kier molecular flexibility index (Phi) is 4.06. The van der Waals surface area contributed by atoms with Crippen LogP contribution in [-0.4, -0.2) is 29.3 Å². The molecule has 1 amide bonds. The maximum atomic E-state index is 12.5. The summed E-state index contributed by atoms with van der Waals surface area (Å²) < 4.78 is 5.49. The molecule has 0 bridgehead atoms. The molecule has 1 aliphatic heterocycles. The van der Waals surface area contributed by atoms with E-state index >= 15 is 0 Å². The highest BCUT2D eigenvalue weighted by molar-refractivity contribution is 5.92. The van der Waals surface area contributed by atoms with Crippen LogP contribution in [0.2, 0.25) is 0 Å². The molecule has 5 heteroatoms. The molecule has 2 aliphatic rings. The minimum Gasteiger partial charge on any atom is -0.481 e. The molecule has 1 N–H and O–H groups in total. The lowest BCUT2D eigenvalue weighted by molar-refractivity contribution is -0.143. The number of nitrogens with zero attached hydrogens (tertiary/aromatic N) is 1. The van der Waals surface area contributed by atoms with E-state index in [0.29, 0.717) is 25.8 Å². The van der Waals surface area contributed by atoms with Gasteiger partial charge < -0.3 is 9.84 Å². The van der Waals surface area contributed by atoms with Gasteiger partial charge in [-0.1, -0.05) is 25.0 Å². The largest absolute Gasteiger partial charge is 0.481 e. The molecule has 5 nitrogen and oxygen atoms in total. The van der Waals surface area contributed by atoms with Crippen molar-refractivity contribution < 1.29 is 19.4 Å². The fourth-order valence-electron chi connectivity index (χ4n) is 3.97. The van der Waals surface area contributed by atoms with Gasteiger partial charge in [0.2, 0.25) is 0 Å². The van der Waals surface area contributed by atoms with Crippen molar-refractivity contribution in [1.82, 2.24) is 0 Å². The predicted octanol–water partition coefficient (Wildman–Crippen LogP) is 3.88. The molecule has 1 saturated carbocycles. The summed E-state index contributed by atoms with van der Waals surface area (Å²) in [6.45, 7) is 6.07. The Balaban J connectivity index is 1.98. The molecule has 1 fully saturated rings. The fourth-order valence-corrected chi connectivity index (χ4v) is 3.97. The van der Waals surface area contributed by atoms with Crippen molar-refractivity contribution in [3.63, 3.8) is 0 Å². The van der Waals surface area contributed by atoms with Crippen LogP contribution in [-0.2, 0) is 21.4 Å². The first-order valence-corrected chi connectivity index (χ1v) is 8.61. The number of carboxylic acids is 1. The average Bonchev–Trinajstić information content (AvgIpc) is 3.13. The molecule has 24 heavy (non-hydrogen) atoms. The number of anilines is 1. The van der Waals surface area contributed by atoms with Crippen LogP contribution in [0.25, 0.3) is 0 Å². The zero-order chi connectivity index (χ0) is 17.5. The molecule has 0 aromatic heterocycles. The third-order valence-electron chi connectivity index (χ3n) is 5.02. The Bertz CT molecular complexity index is 668. The highest BCUT2D eigenvalue weighted by Crippen LogP contribution is 2.46. The Labute approximate surface area is 142 Å². The number of benzene rings is 1. The molecule has 0 saturated heterocycles. The summed E-state index contributed by atoms with van der Waals surface area (Å²) in [6, 6.07) is 5.68. The molecule has 1 aromatic carbocycles. The second-order valence-electron chi connectivity index (χ2n) is 7.78. The van der Waals surface area contributed by atoms with Crippen LogP contribution in [0.3, 0.4) is 0 Å². The van der Waals surface area contributed by atoms with E-state index in [4.69, 9.17) is 4.74 Å². The number of hydrogen-bond donors (Lipinski definition) is 1. The van der Waals surface area contributed by atoms with Gasteiger partial charge in [0, 0.05) is 6.54 Å². The van der Waals surface area contributed by atoms with E-state index in [0.717, 1.165) is 29.7 Å². The van der Waals surface area contributed by atoms with Gasteiger partial charge in [0.15, 0.2) is 0 Å². The number of fused-ring (bicyclic) bond motifs is 1. The zero-order valence-corrected chi connectivity index (χ0v) is 14.6. The molecular weight excluding hydrogens is 306 g/mol. The Hall–Kier alpha value is -2.04. The summed E-state index contributed by atoms with van der Waals surface area (Å²) in [5.41, 5.74) is 1.33. The zero-order valence-electron chi connectivity index (χ0n) is 14.6. The normalized spacial score (nSPS) is 19.2. The number of aliphatic carboxylic acids is 1. The number of rotatable bonds is 2. The fraction of sp³-hybridized carbons (Fsp3) is 0.579. The summed E-state index contributed by atoms with van der Waals surface area (Å²) in [5, 5.41) is 9.87. The summed E-state index contributed by atoms with van der Waals surface area (Å²) in [4.78, 5) is 26.1. The number of carboxylic acid groups (broad SMARTS) is 1. The molecule has 0 radical (unpaired) electrons. The van der Waals surface area contributed by atoms with Crippen molar-refractivity contribution >= 4 is 17.7 Å². The molecule has 0 atom stereocenters. The minimum absolute atomic E-state index is 0.366. The molecule has 1 aliphatic carbocycles. The van der Waals surface area contributed by atoms with Gasteiger partial charge in [0.25, 0.3) is 0 Å². The smallest absolute Gasteiger partial charge is 0.414 e. The SMILES string of the molecule is CC(C)(C)OC(=O)N1CCc2c1cccc2C1(C(=O)O)CCCC1. The topological polar surface area (TPSA) is 66.8 Å². The number of amides is 1. The van der Waals surface area contributed by atoms with Gasteiger partial charge in [-0.05, 0) is 57.2 Å². The first-order valence-electron chi connectivity index (χ1n) is 8.61. The van der Waals surface area contributed by atoms with Gasteiger partial charge >= 0.3 is 12.1 Å². The molecule has 130 valence electrons. The molecule has 1 heterocycles. The van der Waals surface area contributed by atoms with E-state index in [-0.39, 0.29) is 6.09 Å². The van der Waals surface area contributed by atoms with E-state index in [1.165, 1.54) is 0 Å². The summed E-state index contributed by atoms with van der Waals surface area (Å²) >= 11 is 0. The van der Waals surface area contributed by atoms with Gasteiger partial charge in [0.1, 0.15) is 5.60 Å². The third kappa shape index (κ3) is 2.76. The minimum atomic E-state index is -0.796. The first-order chi connectivity index (χ1) is 11.2. The van der Waals surface area contributed by atoms with E-state index in [1.807, 2.05) is 39.0 Å². The van der Waals surface area contributed by atoms with Crippen LogP contribution in [0.1, 0.15) is 57.6 Å². The van der Waals surface area contributed by atoms with Gasteiger partial charge in [-0.3, -0.25) is 9.69 Å². The van der Waals surface area contributed by atoms with Gasteiger partial charge in [0.05, 0.1) is 11.1 Å². The van der Waals surface area contributed by atoms with Crippen molar-refractivity contribution in [2.24, 2.45) is 0 Å². The van der Waals surface area contributed by atoms with Gasteiger partial charge in [-0.2, -0.15) is 0 Å². The van der Waals surface area contributed by atoms with Crippen LogP contribution >= 0.6 is 0 Å². The lowest BCUT2D eigenvalue weighted by atomic mass is 9.76. The number of hydrogen-bond acceptors (Lipinski definition) is 3. The second-order valence-corrected chi connectivity index (χ2v) is 7.78. The van der Waals surface area contributed by atoms with Gasteiger partial charge in [-0.25, -0.2) is 4.79 Å². The standard InChI is InChI=1S/C19H25NO4/c1-18(2,3)24-17(23)20-12-9-13-14(7-6-8-15(13)20)19(16(21)22)10-4-5-11-19/h6-8H,4-5,9-12H2,1-3H3,(H,21,22). The average molecular weight is 331 g/mol. The Morgan fingerprint density at radius 2 is 1.88 bits per heavy atom. The second kappa shape index (κ2) is 5.80. The summed E-state index contributed by atoms with van der Waals surface area (Å²) in [5.74, 6) is -0.746. The van der Waals surface area contributed by atoms with Crippen molar-refractivity contribution in [1.29, 1.82) is 0 Å². The van der Waals surface area contributed by atoms with E-state index in [1.54, 1.807) is 4.90 Å². The highest BCUT2D eigenvalue weighted by atomic mass is 16.6. The maximum Gasteiger partial charge on any atom is 0.414 e. The van der Waals surface area contributed by atoms with Crippen molar-refractivity contribution in [3.05, 3.63) is 29.3 Å². The predicted molar refractivity (Wildman–Crippen MR) is 91.5 cm³/mol. The van der Waals surface area contributed by atoms with Gasteiger partial charge in [-0.15, -0.1) is 0 Å². The van der Waals surface area contributed by atoms with E-state index in [2.05, 4.69) is 0 Å². The maximum absolute atomic E-state index is 12.5.